The number of rotatable bonds is 9. The maximum absolute atomic E-state index is 13.1. The van der Waals surface area contributed by atoms with E-state index in [1.54, 1.807) is 0 Å². The topological polar surface area (TPSA) is 101 Å². The maximum Gasteiger partial charge on any atom is 0.418 e. The monoisotopic (exact) mass is 455 g/mol. The third kappa shape index (κ3) is 6.99. The van der Waals surface area contributed by atoms with Crippen LogP contribution >= 0.6 is 11.8 Å². The summed E-state index contributed by atoms with van der Waals surface area (Å²) in [7, 11) is 0. The van der Waals surface area contributed by atoms with E-state index in [4.69, 9.17) is 0 Å². The van der Waals surface area contributed by atoms with E-state index in [-0.39, 0.29) is 22.1 Å². The highest BCUT2D eigenvalue weighted by molar-refractivity contribution is 8.00. The zero-order chi connectivity index (χ0) is 23.0. The second kappa shape index (κ2) is 10.8. The number of amides is 2. The number of thioether (sulfide) groups is 1. The predicted octanol–water partition coefficient (Wildman–Crippen LogP) is 4.87. The average molecular weight is 455 g/mol. The van der Waals surface area contributed by atoms with Crippen LogP contribution < -0.4 is 10.6 Å². The number of hydrogen-bond acceptors (Lipinski definition) is 5. The summed E-state index contributed by atoms with van der Waals surface area (Å²) in [6, 6.07) is 7.97. The molecule has 31 heavy (non-hydrogen) atoms. The molecule has 0 bridgehead atoms. The molecule has 7 nitrogen and oxygen atoms in total. The summed E-state index contributed by atoms with van der Waals surface area (Å²) in [6.45, 7) is 2.49. The predicted molar refractivity (Wildman–Crippen MR) is 111 cm³/mol. The zero-order valence-electron chi connectivity index (χ0n) is 16.5. The Kier molecular flexibility index (Phi) is 8.43. The molecule has 2 aromatic rings. The van der Waals surface area contributed by atoms with Crippen LogP contribution in [0.3, 0.4) is 0 Å². The molecule has 11 heteroatoms. The molecule has 0 heterocycles. The van der Waals surface area contributed by atoms with Gasteiger partial charge in [0.1, 0.15) is 0 Å². The first-order valence-electron chi connectivity index (χ1n) is 9.29. The number of benzene rings is 2. The number of carbonyl (C=O) groups excluding carboxylic acids is 2. The van der Waals surface area contributed by atoms with Gasteiger partial charge >= 0.3 is 6.18 Å². The number of hydrogen-bond donors (Lipinski definition) is 2. The first-order valence-corrected chi connectivity index (χ1v) is 10.3. The number of halogens is 3. The number of nitrogens with one attached hydrogen (secondary N) is 2. The van der Waals surface area contributed by atoms with Gasteiger partial charge < -0.3 is 10.6 Å². The molecule has 0 radical (unpaired) electrons. The van der Waals surface area contributed by atoms with Crippen molar-refractivity contribution in [1.29, 1.82) is 0 Å². The van der Waals surface area contributed by atoms with Gasteiger partial charge in [-0.05, 0) is 30.7 Å². The van der Waals surface area contributed by atoms with Gasteiger partial charge in [-0.15, -0.1) is 11.8 Å². The van der Waals surface area contributed by atoms with E-state index in [9.17, 15) is 32.9 Å². The van der Waals surface area contributed by atoms with E-state index in [1.165, 1.54) is 24.3 Å². The normalized spacial score (nSPS) is 11.1. The molecule has 0 fully saturated rings. The van der Waals surface area contributed by atoms with Gasteiger partial charge in [-0.2, -0.15) is 13.2 Å². The number of para-hydroxylation sites is 1. The highest BCUT2D eigenvalue weighted by Crippen LogP contribution is 2.35. The Bertz CT molecular complexity index is 967. The van der Waals surface area contributed by atoms with Crippen LogP contribution in [0.1, 0.15) is 35.7 Å². The molecular formula is C20H20F3N3O4S. The lowest BCUT2D eigenvalue weighted by Gasteiger charge is -2.13. The fraction of sp³-hybridized carbons (Fsp3) is 0.300. The highest BCUT2D eigenvalue weighted by Gasteiger charge is 2.33. The van der Waals surface area contributed by atoms with Crippen molar-refractivity contribution in [2.75, 3.05) is 17.6 Å². The van der Waals surface area contributed by atoms with Crippen LogP contribution in [0.5, 0.6) is 0 Å². The Labute approximate surface area is 180 Å². The Morgan fingerprint density at radius 2 is 1.87 bits per heavy atom. The molecule has 0 spiro atoms. The summed E-state index contributed by atoms with van der Waals surface area (Å²) in [5.74, 6) is -1.25. The molecule has 2 amide bonds. The largest absolute Gasteiger partial charge is 0.418 e. The smallest absolute Gasteiger partial charge is 0.355 e. The van der Waals surface area contributed by atoms with Gasteiger partial charge in [-0.3, -0.25) is 19.7 Å². The van der Waals surface area contributed by atoms with Crippen molar-refractivity contribution >= 4 is 35.0 Å². The molecule has 0 aliphatic rings. The molecular weight excluding hydrogens is 435 g/mol. The molecule has 0 unspecified atom stereocenters. The fourth-order valence-corrected chi connectivity index (χ4v) is 3.39. The van der Waals surface area contributed by atoms with Crippen molar-refractivity contribution in [1.82, 2.24) is 5.32 Å². The van der Waals surface area contributed by atoms with Crippen LogP contribution in [0.25, 0.3) is 0 Å². The van der Waals surface area contributed by atoms with Gasteiger partial charge in [0, 0.05) is 18.2 Å². The second-order valence-electron chi connectivity index (χ2n) is 6.43. The van der Waals surface area contributed by atoms with Crippen LogP contribution in [0.4, 0.5) is 24.5 Å². The van der Waals surface area contributed by atoms with Crippen molar-refractivity contribution in [3.63, 3.8) is 0 Å². The number of alkyl halides is 3. The molecule has 0 saturated carbocycles. The molecule has 0 aliphatic carbocycles. The van der Waals surface area contributed by atoms with Crippen molar-refractivity contribution in [2.24, 2.45) is 0 Å². The van der Waals surface area contributed by atoms with Crippen LogP contribution in [0.2, 0.25) is 0 Å². The van der Waals surface area contributed by atoms with Crippen molar-refractivity contribution in [2.45, 2.75) is 30.8 Å². The number of unbranched alkanes of at least 4 members (excludes halogenated alkanes) is 1. The SMILES string of the molecule is CCCCNC(=O)CSc1ccc(C(=O)Nc2ccccc2C(F)(F)F)cc1[N+](=O)[O-]. The Morgan fingerprint density at radius 3 is 2.52 bits per heavy atom. The first-order chi connectivity index (χ1) is 14.6. The van der Waals surface area contributed by atoms with Crippen molar-refractivity contribution in [3.05, 3.63) is 63.7 Å². The number of nitro groups is 1. The third-order valence-corrected chi connectivity index (χ3v) is 5.17. The molecule has 2 aromatic carbocycles. The Morgan fingerprint density at radius 1 is 1.16 bits per heavy atom. The molecule has 0 aliphatic heterocycles. The third-order valence-electron chi connectivity index (χ3n) is 4.11. The van der Waals surface area contributed by atoms with Gasteiger partial charge in [0.25, 0.3) is 11.6 Å². The summed E-state index contributed by atoms with van der Waals surface area (Å²) >= 11 is 0.938. The van der Waals surface area contributed by atoms with Gasteiger partial charge in [-0.25, -0.2) is 0 Å². The summed E-state index contributed by atoms with van der Waals surface area (Å²) in [6.07, 6.45) is -2.94. The van der Waals surface area contributed by atoms with Crippen LogP contribution in [-0.2, 0) is 11.0 Å². The van der Waals surface area contributed by atoms with E-state index in [2.05, 4.69) is 10.6 Å². The average Bonchev–Trinajstić information content (AvgIpc) is 2.71. The van der Waals surface area contributed by atoms with Crippen molar-refractivity contribution < 1.29 is 27.7 Å². The fourth-order valence-electron chi connectivity index (χ4n) is 2.56. The maximum atomic E-state index is 13.1. The van der Waals surface area contributed by atoms with Gasteiger partial charge in [-0.1, -0.05) is 25.5 Å². The summed E-state index contributed by atoms with van der Waals surface area (Å²) in [5, 5.41) is 16.2. The number of anilines is 1. The molecule has 166 valence electrons. The lowest BCUT2D eigenvalue weighted by Crippen LogP contribution is -2.26. The zero-order valence-corrected chi connectivity index (χ0v) is 17.3. The standard InChI is InChI=1S/C20H20F3N3O4S/c1-2-3-10-24-18(27)12-31-17-9-8-13(11-16(17)26(29)30)19(28)25-15-7-5-4-6-14(15)20(21,22)23/h4-9,11H,2-3,10,12H2,1H3,(H,24,27)(H,25,28). The van der Waals surface area contributed by atoms with Gasteiger partial charge in [0.2, 0.25) is 5.91 Å². The number of nitrogens with zero attached hydrogens (tertiary/aromatic N) is 1. The van der Waals surface area contributed by atoms with Crippen molar-refractivity contribution in [3.8, 4) is 0 Å². The van der Waals surface area contributed by atoms with E-state index < -0.39 is 33.9 Å². The molecule has 0 saturated heterocycles. The van der Waals surface area contributed by atoms with E-state index >= 15 is 0 Å². The summed E-state index contributed by atoms with van der Waals surface area (Å²) in [4.78, 5) is 35.1. The van der Waals surface area contributed by atoms with Crippen LogP contribution in [0, 0.1) is 10.1 Å². The lowest BCUT2D eigenvalue weighted by molar-refractivity contribution is -0.387. The number of carbonyl (C=O) groups is 2. The van der Waals surface area contributed by atoms with Gasteiger partial charge in [0.15, 0.2) is 0 Å². The molecule has 2 N–H and O–H groups in total. The quantitative estimate of drug-likeness (QED) is 0.243. The minimum Gasteiger partial charge on any atom is -0.355 e. The minimum atomic E-state index is -4.67. The molecule has 0 aromatic heterocycles. The Hall–Kier alpha value is -3.08. The molecule has 0 atom stereocenters. The van der Waals surface area contributed by atoms with E-state index in [0.717, 1.165) is 42.8 Å². The van der Waals surface area contributed by atoms with E-state index in [1.807, 2.05) is 6.92 Å². The molecule has 2 rings (SSSR count). The summed E-state index contributed by atoms with van der Waals surface area (Å²) < 4.78 is 39.3. The highest BCUT2D eigenvalue weighted by atomic mass is 32.2. The Balaban J connectivity index is 2.16. The second-order valence-corrected chi connectivity index (χ2v) is 7.45. The van der Waals surface area contributed by atoms with E-state index in [0.29, 0.717) is 6.54 Å². The van der Waals surface area contributed by atoms with Gasteiger partial charge in [0.05, 0.1) is 26.8 Å². The number of nitro benzene ring substituents is 1. The van der Waals surface area contributed by atoms with Crippen LogP contribution in [0.15, 0.2) is 47.4 Å². The summed E-state index contributed by atoms with van der Waals surface area (Å²) in [5.41, 5.74) is -2.08. The first kappa shape index (κ1) is 24.2. The minimum absolute atomic E-state index is 0.0466. The van der Waals surface area contributed by atoms with Crippen LogP contribution in [-0.4, -0.2) is 29.0 Å². The lowest BCUT2D eigenvalue weighted by atomic mass is 10.1.